The van der Waals surface area contributed by atoms with E-state index >= 15 is 0 Å². The van der Waals surface area contributed by atoms with Crippen molar-refractivity contribution in [2.24, 2.45) is 0 Å². The molecule has 1 amide bonds. The first-order valence-electron chi connectivity index (χ1n) is 8.30. The molecule has 4 heteroatoms. The molecule has 0 spiro atoms. The molecular formula is C21H17N3O. The lowest BCUT2D eigenvalue weighted by molar-refractivity contribution is -0.126. The second-order valence-corrected chi connectivity index (χ2v) is 6.20. The first-order valence-corrected chi connectivity index (χ1v) is 8.30. The molecule has 1 aromatic heterocycles. The number of amides is 1. The van der Waals surface area contributed by atoms with Gasteiger partial charge >= 0.3 is 0 Å². The molecule has 4 rings (SSSR count). The number of nitrogens with one attached hydrogen (secondary N) is 1. The van der Waals surface area contributed by atoms with E-state index in [0.29, 0.717) is 12.1 Å². The molecule has 2 aromatic carbocycles. The normalized spacial score (nSPS) is 13.8. The Morgan fingerprint density at radius 1 is 1.16 bits per heavy atom. The summed E-state index contributed by atoms with van der Waals surface area (Å²) in [5.74, 6) is 0.0142. The summed E-state index contributed by atoms with van der Waals surface area (Å²) in [6.45, 7) is 1.35. The first-order chi connectivity index (χ1) is 12.2. The van der Waals surface area contributed by atoms with Gasteiger partial charge in [0.1, 0.15) is 0 Å². The van der Waals surface area contributed by atoms with Crippen LogP contribution >= 0.6 is 0 Å². The number of fused-ring (bicyclic) bond motifs is 3. The van der Waals surface area contributed by atoms with E-state index in [-0.39, 0.29) is 5.91 Å². The summed E-state index contributed by atoms with van der Waals surface area (Å²) in [5, 5.41) is 10.0. The molecule has 4 nitrogen and oxygen atoms in total. The molecule has 3 aromatic rings. The lowest BCUT2D eigenvalue weighted by atomic mass is 10.0. The van der Waals surface area contributed by atoms with Crippen molar-refractivity contribution in [3.8, 4) is 6.07 Å². The summed E-state index contributed by atoms with van der Waals surface area (Å²) in [4.78, 5) is 17.9. The molecule has 0 aliphatic carbocycles. The Hall–Kier alpha value is -3.32. The smallest absolute Gasteiger partial charge is 0.246 e. The van der Waals surface area contributed by atoms with Gasteiger partial charge in [-0.1, -0.05) is 30.3 Å². The molecule has 0 saturated carbocycles. The van der Waals surface area contributed by atoms with E-state index in [1.165, 1.54) is 16.6 Å². The number of nitriles is 1. The van der Waals surface area contributed by atoms with Crippen molar-refractivity contribution in [2.75, 3.05) is 6.54 Å². The third-order valence-corrected chi connectivity index (χ3v) is 4.65. The van der Waals surface area contributed by atoms with E-state index < -0.39 is 0 Å². The summed E-state index contributed by atoms with van der Waals surface area (Å²) in [6, 6.07) is 17.5. The van der Waals surface area contributed by atoms with Gasteiger partial charge in [0, 0.05) is 47.7 Å². The van der Waals surface area contributed by atoms with Crippen molar-refractivity contribution in [3.05, 3.63) is 77.0 Å². The molecule has 0 atom stereocenters. The van der Waals surface area contributed by atoms with Crippen molar-refractivity contribution in [1.82, 2.24) is 9.88 Å². The van der Waals surface area contributed by atoms with Gasteiger partial charge in [-0.15, -0.1) is 0 Å². The highest BCUT2D eigenvalue weighted by Crippen LogP contribution is 2.27. The highest BCUT2D eigenvalue weighted by Gasteiger charge is 2.22. The maximum absolute atomic E-state index is 12.5. The molecule has 0 bridgehead atoms. The number of rotatable bonds is 2. The fourth-order valence-corrected chi connectivity index (χ4v) is 3.30. The second-order valence-electron chi connectivity index (χ2n) is 6.20. The number of benzene rings is 2. The molecule has 1 aliphatic rings. The molecule has 1 aliphatic heterocycles. The minimum absolute atomic E-state index is 0.0142. The number of aromatic amines is 1. The van der Waals surface area contributed by atoms with Crippen LogP contribution in [0.3, 0.4) is 0 Å². The average molecular weight is 327 g/mol. The van der Waals surface area contributed by atoms with Crippen LogP contribution in [-0.4, -0.2) is 22.3 Å². The van der Waals surface area contributed by atoms with Crippen molar-refractivity contribution >= 4 is 22.9 Å². The Morgan fingerprint density at radius 2 is 1.96 bits per heavy atom. The molecule has 0 fully saturated rings. The monoisotopic (exact) mass is 327 g/mol. The number of carbonyl (C=O) groups is 1. The van der Waals surface area contributed by atoms with Crippen molar-refractivity contribution in [3.63, 3.8) is 0 Å². The molecule has 0 radical (unpaired) electrons. The molecule has 1 N–H and O–H groups in total. The Bertz CT molecular complexity index is 1010. The number of para-hydroxylation sites is 1. The summed E-state index contributed by atoms with van der Waals surface area (Å²) in [7, 11) is 0. The van der Waals surface area contributed by atoms with Crippen LogP contribution in [0.1, 0.15) is 22.4 Å². The van der Waals surface area contributed by atoms with E-state index in [1.807, 2.05) is 29.2 Å². The summed E-state index contributed by atoms with van der Waals surface area (Å²) in [6.07, 6.45) is 4.26. The van der Waals surface area contributed by atoms with Crippen LogP contribution in [-0.2, 0) is 17.8 Å². The zero-order valence-electron chi connectivity index (χ0n) is 13.7. The zero-order valence-corrected chi connectivity index (χ0v) is 13.7. The highest BCUT2D eigenvalue weighted by atomic mass is 16.2. The fraction of sp³-hybridized carbons (Fsp3) is 0.143. The largest absolute Gasteiger partial charge is 0.358 e. The average Bonchev–Trinajstić information content (AvgIpc) is 3.04. The number of hydrogen-bond donors (Lipinski definition) is 1. The fourth-order valence-electron chi connectivity index (χ4n) is 3.30. The topological polar surface area (TPSA) is 59.9 Å². The number of aromatic nitrogens is 1. The number of carbonyl (C=O) groups excluding carboxylic acids is 1. The molecule has 0 unspecified atom stereocenters. The predicted octanol–water partition coefficient (Wildman–Crippen LogP) is 3.64. The Kier molecular flexibility index (Phi) is 3.83. The van der Waals surface area contributed by atoms with Crippen LogP contribution in [0.15, 0.2) is 54.6 Å². The van der Waals surface area contributed by atoms with Gasteiger partial charge in [-0.05, 0) is 29.8 Å². The summed E-state index contributed by atoms with van der Waals surface area (Å²) < 4.78 is 0. The van der Waals surface area contributed by atoms with Gasteiger partial charge in [0.25, 0.3) is 0 Å². The van der Waals surface area contributed by atoms with Crippen LogP contribution in [0.25, 0.3) is 17.0 Å². The van der Waals surface area contributed by atoms with Gasteiger partial charge in [0.15, 0.2) is 0 Å². The van der Waals surface area contributed by atoms with Gasteiger partial charge < -0.3 is 9.88 Å². The molecular weight excluding hydrogens is 310 g/mol. The van der Waals surface area contributed by atoms with Crippen molar-refractivity contribution in [1.29, 1.82) is 5.26 Å². The Labute approximate surface area is 146 Å². The predicted molar refractivity (Wildman–Crippen MR) is 97.6 cm³/mol. The van der Waals surface area contributed by atoms with Crippen LogP contribution in [0.2, 0.25) is 0 Å². The van der Waals surface area contributed by atoms with E-state index in [2.05, 4.69) is 23.2 Å². The zero-order chi connectivity index (χ0) is 17.2. The SMILES string of the molecule is N#Cc1ccc(C=CC(=O)N2CCc3[nH]c4ccccc4c3C2)cc1. The molecule has 25 heavy (non-hydrogen) atoms. The quantitative estimate of drug-likeness (QED) is 0.731. The summed E-state index contributed by atoms with van der Waals surface area (Å²) >= 11 is 0. The molecule has 122 valence electrons. The number of hydrogen-bond acceptors (Lipinski definition) is 2. The highest BCUT2D eigenvalue weighted by molar-refractivity contribution is 5.93. The van der Waals surface area contributed by atoms with Gasteiger partial charge in [-0.25, -0.2) is 0 Å². The number of nitrogens with zero attached hydrogens (tertiary/aromatic N) is 2. The Morgan fingerprint density at radius 3 is 2.76 bits per heavy atom. The standard InChI is InChI=1S/C21H17N3O/c22-13-16-7-5-15(6-8-16)9-10-21(25)24-12-11-20-18(14-24)17-3-1-2-4-19(17)23-20/h1-10,23H,11-12,14H2. The minimum atomic E-state index is 0.0142. The number of H-pyrrole nitrogens is 1. The van der Waals surface area contributed by atoms with E-state index in [9.17, 15) is 4.79 Å². The van der Waals surface area contributed by atoms with Gasteiger partial charge in [0.2, 0.25) is 5.91 Å². The van der Waals surface area contributed by atoms with Gasteiger partial charge in [-0.2, -0.15) is 5.26 Å². The second kappa shape index (κ2) is 6.29. The van der Waals surface area contributed by atoms with E-state index in [1.54, 1.807) is 24.3 Å². The molecule has 2 heterocycles. The third kappa shape index (κ3) is 2.92. The Balaban J connectivity index is 1.51. The minimum Gasteiger partial charge on any atom is -0.358 e. The lowest BCUT2D eigenvalue weighted by Gasteiger charge is -2.26. The van der Waals surface area contributed by atoms with Crippen molar-refractivity contribution in [2.45, 2.75) is 13.0 Å². The first kappa shape index (κ1) is 15.2. The van der Waals surface area contributed by atoms with E-state index in [0.717, 1.165) is 24.0 Å². The van der Waals surface area contributed by atoms with Gasteiger partial charge in [0.05, 0.1) is 11.6 Å². The lowest BCUT2D eigenvalue weighted by Crippen LogP contribution is -2.34. The van der Waals surface area contributed by atoms with Gasteiger partial charge in [-0.3, -0.25) is 4.79 Å². The van der Waals surface area contributed by atoms with Crippen LogP contribution < -0.4 is 0 Å². The van der Waals surface area contributed by atoms with Crippen LogP contribution in [0.4, 0.5) is 0 Å². The summed E-state index contributed by atoms with van der Waals surface area (Å²) in [5.41, 5.74) is 5.13. The van der Waals surface area contributed by atoms with E-state index in [4.69, 9.17) is 5.26 Å². The molecule has 0 saturated heterocycles. The van der Waals surface area contributed by atoms with Crippen LogP contribution in [0, 0.1) is 11.3 Å². The van der Waals surface area contributed by atoms with Crippen molar-refractivity contribution < 1.29 is 4.79 Å². The maximum Gasteiger partial charge on any atom is 0.246 e. The third-order valence-electron chi connectivity index (χ3n) is 4.65. The maximum atomic E-state index is 12.5. The van der Waals surface area contributed by atoms with Crippen LogP contribution in [0.5, 0.6) is 0 Å².